The lowest BCUT2D eigenvalue weighted by Gasteiger charge is -2.16. The van der Waals surface area contributed by atoms with Crippen LogP contribution in [0.15, 0.2) is 11.6 Å². The van der Waals surface area contributed by atoms with Gasteiger partial charge in [-0.1, -0.05) is 5.57 Å². The molecule has 0 aliphatic heterocycles. The quantitative estimate of drug-likeness (QED) is 0.607. The summed E-state index contributed by atoms with van der Waals surface area (Å²) in [5.41, 5.74) is 6.13. The van der Waals surface area contributed by atoms with E-state index < -0.39 is 11.9 Å². The number of allylic oxidation sites excluding steroid dienone is 1. The molecule has 1 fully saturated rings. The molecule has 0 spiro atoms. The number of carbonyl (C=O) groups is 2. The van der Waals surface area contributed by atoms with Gasteiger partial charge in [0.15, 0.2) is 0 Å². The predicted octanol–water partition coefficient (Wildman–Crippen LogP) is 0.0867. The highest BCUT2D eigenvalue weighted by atomic mass is 16.2. The molecule has 0 unspecified atom stereocenters. The number of hydrogen-bond acceptors (Lipinski definition) is 2. The van der Waals surface area contributed by atoms with Crippen molar-refractivity contribution in [2.45, 2.75) is 32.2 Å². The van der Waals surface area contributed by atoms with Crippen molar-refractivity contribution < 1.29 is 9.59 Å². The van der Waals surface area contributed by atoms with Crippen molar-refractivity contribution >= 4 is 11.8 Å². The molecule has 1 aliphatic carbocycles. The van der Waals surface area contributed by atoms with Gasteiger partial charge in [-0.2, -0.15) is 0 Å². The van der Waals surface area contributed by atoms with Gasteiger partial charge < -0.3 is 11.1 Å². The van der Waals surface area contributed by atoms with E-state index in [4.69, 9.17) is 5.73 Å². The highest BCUT2D eigenvalue weighted by Gasteiger charge is 2.13. The van der Waals surface area contributed by atoms with E-state index in [2.05, 4.69) is 5.32 Å². The van der Waals surface area contributed by atoms with E-state index in [9.17, 15) is 9.59 Å². The molecule has 1 saturated carbocycles. The van der Waals surface area contributed by atoms with Crippen molar-refractivity contribution in [1.82, 2.24) is 5.32 Å². The summed E-state index contributed by atoms with van der Waals surface area (Å²) in [6.45, 7) is 1.57. The van der Waals surface area contributed by atoms with Crippen molar-refractivity contribution in [3.63, 3.8) is 0 Å². The van der Waals surface area contributed by atoms with E-state index in [0.717, 1.165) is 24.8 Å². The van der Waals surface area contributed by atoms with Gasteiger partial charge in [0, 0.05) is 6.08 Å². The number of hydrogen-bond donors (Lipinski definition) is 2. The third kappa shape index (κ3) is 2.89. The fourth-order valence-electron chi connectivity index (χ4n) is 1.04. The van der Waals surface area contributed by atoms with E-state index in [1.54, 1.807) is 13.0 Å². The molecule has 0 saturated heterocycles. The summed E-state index contributed by atoms with van der Waals surface area (Å²) in [6, 6.07) is -0.593. The summed E-state index contributed by atoms with van der Waals surface area (Å²) in [6.07, 6.45) is 4.71. The monoisotopic (exact) mass is 182 g/mol. The standard InChI is InChI=1S/C9H14N2O2/c1-6(9(10)13)11-8(12)5-7-3-2-4-7/h5-6H,2-4H2,1H3,(H2,10,13)(H,11,12)/t6-/m0/s1. The highest BCUT2D eigenvalue weighted by molar-refractivity contribution is 5.92. The van der Waals surface area contributed by atoms with Crippen molar-refractivity contribution in [2.24, 2.45) is 5.73 Å². The third-order valence-corrected chi connectivity index (χ3v) is 2.12. The van der Waals surface area contributed by atoms with Gasteiger partial charge in [0.1, 0.15) is 6.04 Å². The second kappa shape index (κ2) is 4.07. The van der Waals surface area contributed by atoms with Gasteiger partial charge in [-0.3, -0.25) is 9.59 Å². The zero-order valence-electron chi connectivity index (χ0n) is 7.67. The molecule has 0 heterocycles. The first-order chi connectivity index (χ1) is 6.09. The normalized spacial score (nSPS) is 17.2. The maximum absolute atomic E-state index is 11.2. The van der Waals surface area contributed by atoms with Crippen LogP contribution >= 0.6 is 0 Å². The summed E-state index contributed by atoms with van der Waals surface area (Å²) in [4.78, 5) is 21.8. The molecule has 3 N–H and O–H groups in total. The summed E-state index contributed by atoms with van der Waals surface area (Å²) < 4.78 is 0. The molecule has 0 aromatic carbocycles. The maximum Gasteiger partial charge on any atom is 0.244 e. The Morgan fingerprint density at radius 2 is 2.15 bits per heavy atom. The van der Waals surface area contributed by atoms with Crippen molar-refractivity contribution in [2.75, 3.05) is 0 Å². The number of rotatable bonds is 3. The van der Waals surface area contributed by atoms with Crippen LogP contribution in [0.5, 0.6) is 0 Å². The number of primary amides is 1. The predicted molar refractivity (Wildman–Crippen MR) is 48.7 cm³/mol. The Bertz CT molecular complexity index is 252. The van der Waals surface area contributed by atoms with Crippen LogP contribution in [-0.4, -0.2) is 17.9 Å². The fraction of sp³-hybridized carbons (Fsp3) is 0.556. The van der Waals surface area contributed by atoms with Crippen molar-refractivity contribution in [3.05, 3.63) is 11.6 Å². The number of carbonyl (C=O) groups excluding carboxylic acids is 2. The molecule has 1 aliphatic rings. The van der Waals surface area contributed by atoms with E-state index in [0.29, 0.717) is 0 Å². The lowest BCUT2D eigenvalue weighted by atomic mass is 9.92. The number of nitrogens with two attached hydrogens (primary N) is 1. The van der Waals surface area contributed by atoms with Crippen LogP contribution < -0.4 is 11.1 Å². The van der Waals surface area contributed by atoms with Crippen molar-refractivity contribution in [3.8, 4) is 0 Å². The average molecular weight is 182 g/mol. The first-order valence-corrected chi connectivity index (χ1v) is 4.39. The molecule has 4 nitrogen and oxygen atoms in total. The Balaban J connectivity index is 2.36. The van der Waals surface area contributed by atoms with Crippen LogP contribution in [0.3, 0.4) is 0 Å². The van der Waals surface area contributed by atoms with Crippen LogP contribution in [0.1, 0.15) is 26.2 Å². The van der Waals surface area contributed by atoms with Crippen LogP contribution in [0.2, 0.25) is 0 Å². The van der Waals surface area contributed by atoms with E-state index in [-0.39, 0.29) is 5.91 Å². The molecule has 0 aromatic heterocycles. The van der Waals surface area contributed by atoms with Gasteiger partial charge in [-0.05, 0) is 26.2 Å². The third-order valence-electron chi connectivity index (χ3n) is 2.12. The van der Waals surface area contributed by atoms with Gasteiger partial charge in [-0.25, -0.2) is 0 Å². The Kier molecular flexibility index (Phi) is 3.06. The van der Waals surface area contributed by atoms with Gasteiger partial charge in [0.2, 0.25) is 11.8 Å². The molecule has 0 bridgehead atoms. The first-order valence-electron chi connectivity index (χ1n) is 4.39. The minimum Gasteiger partial charge on any atom is -0.368 e. The van der Waals surface area contributed by atoms with E-state index in [1.807, 2.05) is 0 Å². The highest BCUT2D eigenvalue weighted by Crippen LogP contribution is 2.24. The molecule has 13 heavy (non-hydrogen) atoms. The molecular weight excluding hydrogens is 168 g/mol. The van der Waals surface area contributed by atoms with Crippen LogP contribution in [0, 0.1) is 0 Å². The number of amides is 2. The Morgan fingerprint density at radius 3 is 2.54 bits per heavy atom. The summed E-state index contributed by atoms with van der Waals surface area (Å²) in [5.74, 6) is -0.735. The lowest BCUT2D eigenvalue weighted by Crippen LogP contribution is -2.41. The SMILES string of the molecule is C[C@H](NC(=O)C=C1CCC1)C(N)=O. The van der Waals surface area contributed by atoms with Crippen molar-refractivity contribution in [1.29, 1.82) is 0 Å². The van der Waals surface area contributed by atoms with Crippen LogP contribution in [-0.2, 0) is 9.59 Å². The molecule has 72 valence electrons. The fourth-order valence-corrected chi connectivity index (χ4v) is 1.04. The minimum absolute atomic E-state index is 0.221. The van der Waals surface area contributed by atoms with E-state index in [1.165, 1.54) is 0 Å². The van der Waals surface area contributed by atoms with E-state index >= 15 is 0 Å². The minimum atomic E-state index is -0.593. The largest absolute Gasteiger partial charge is 0.368 e. The zero-order chi connectivity index (χ0) is 9.84. The van der Waals surface area contributed by atoms with Gasteiger partial charge in [-0.15, -0.1) is 0 Å². The molecule has 0 radical (unpaired) electrons. The lowest BCUT2D eigenvalue weighted by molar-refractivity contribution is -0.124. The second-order valence-corrected chi connectivity index (χ2v) is 3.29. The molecular formula is C9H14N2O2. The second-order valence-electron chi connectivity index (χ2n) is 3.29. The smallest absolute Gasteiger partial charge is 0.244 e. The van der Waals surface area contributed by atoms with Crippen LogP contribution in [0.4, 0.5) is 0 Å². The molecule has 1 atom stereocenters. The van der Waals surface area contributed by atoms with Gasteiger partial charge >= 0.3 is 0 Å². The number of nitrogens with one attached hydrogen (secondary N) is 1. The zero-order valence-corrected chi connectivity index (χ0v) is 7.67. The Labute approximate surface area is 77.2 Å². The molecule has 4 heteroatoms. The average Bonchev–Trinajstić information content (AvgIpc) is 1.96. The molecule has 0 aromatic rings. The summed E-state index contributed by atoms with van der Waals surface area (Å²) >= 11 is 0. The van der Waals surface area contributed by atoms with Crippen LogP contribution in [0.25, 0.3) is 0 Å². The summed E-state index contributed by atoms with van der Waals surface area (Å²) in [7, 11) is 0. The van der Waals surface area contributed by atoms with Gasteiger partial charge in [0.05, 0.1) is 0 Å². The maximum atomic E-state index is 11.2. The summed E-state index contributed by atoms with van der Waals surface area (Å²) in [5, 5.41) is 2.49. The molecule has 2 amide bonds. The first kappa shape index (κ1) is 9.77. The Morgan fingerprint density at radius 1 is 1.54 bits per heavy atom. The Hall–Kier alpha value is -1.32. The molecule has 1 rings (SSSR count). The topological polar surface area (TPSA) is 72.2 Å². The van der Waals surface area contributed by atoms with Gasteiger partial charge in [0.25, 0.3) is 0 Å².